The minimum Gasteiger partial charge on any atom is -0.491 e. The van der Waals surface area contributed by atoms with E-state index < -0.39 is 23.9 Å². The topological polar surface area (TPSA) is 111 Å². The van der Waals surface area contributed by atoms with Crippen LogP contribution in [0, 0.1) is 5.92 Å². The summed E-state index contributed by atoms with van der Waals surface area (Å²) in [5.74, 6) is -0.873. The van der Waals surface area contributed by atoms with Crippen LogP contribution in [0.15, 0.2) is 24.3 Å². The summed E-state index contributed by atoms with van der Waals surface area (Å²) in [5, 5.41) is 5.65. The fourth-order valence-electron chi connectivity index (χ4n) is 4.94. The maximum atomic E-state index is 13.6. The largest absolute Gasteiger partial charge is 0.491 e. The lowest BCUT2D eigenvalue weighted by Crippen LogP contribution is -2.57. The van der Waals surface area contributed by atoms with Crippen LogP contribution in [0.5, 0.6) is 5.75 Å². The number of para-hydroxylation sites is 1. The number of nitrogens with one attached hydrogen (secondary N) is 2. The Bertz CT molecular complexity index is 990. The molecule has 0 bridgehead atoms. The van der Waals surface area contributed by atoms with Gasteiger partial charge in [-0.2, -0.15) is 0 Å². The van der Waals surface area contributed by atoms with Crippen LogP contribution in [0.4, 0.5) is 0 Å². The highest BCUT2D eigenvalue weighted by molar-refractivity contribution is 6.01. The molecule has 2 aliphatic heterocycles. The summed E-state index contributed by atoms with van der Waals surface area (Å²) in [5.41, 5.74) is 0.277. The van der Waals surface area contributed by atoms with Crippen molar-refractivity contribution in [2.75, 3.05) is 45.9 Å². The van der Waals surface area contributed by atoms with Crippen LogP contribution >= 0.6 is 0 Å². The third-order valence-corrected chi connectivity index (χ3v) is 7.13. The standard InChI is InChI=1S/C28H43N5O5/c1-6-31-15-16-38-24-10-8-7-9-21(24)26(35)30-23(18-25(34)29-22(27(31)36)17-19(2)3)28(37)33-13-11-32(12-14-33)20(4)5/h7-10,19-20,22-23H,6,11-18H2,1-5H3,(H,29,34)(H,30,35)/t22-,23+/m1/s1. The number of benzene rings is 1. The van der Waals surface area contributed by atoms with Crippen molar-refractivity contribution in [3.63, 3.8) is 0 Å². The molecular formula is C28H43N5O5. The molecule has 0 spiro atoms. The number of likely N-dealkylation sites (N-methyl/N-ethyl adjacent to an activating group) is 1. The molecule has 2 heterocycles. The molecule has 38 heavy (non-hydrogen) atoms. The molecule has 0 saturated carbocycles. The van der Waals surface area contributed by atoms with Gasteiger partial charge in [0, 0.05) is 38.8 Å². The molecule has 4 amide bonds. The molecule has 210 valence electrons. The monoisotopic (exact) mass is 529 g/mol. The summed E-state index contributed by atoms with van der Waals surface area (Å²) in [6.45, 7) is 13.6. The molecule has 1 aromatic rings. The van der Waals surface area contributed by atoms with Crippen molar-refractivity contribution in [2.45, 2.75) is 65.6 Å². The van der Waals surface area contributed by atoms with Gasteiger partial charge in [-0.15, -0.1) is 0 Å². The van der Waals surface area contributed by atoms with E-state index in [1.807, 2.05) is 20.8 Å². The van der Waals surface area contributed by atoms with Crippen LogP contribution in [0.2, 0.25) is 0 Å². The zero-order valence-electron chi connectivity index (χ0n) is 23.4. The minimum absolute atomic E-state index is 0.166. The molecule has 1 aromatic carbocycles. The van der Waals surface area contributed by atoms with Crippen molar-refractivity contribution >= 4 is 23.6 Å². The quantitative estimate of drug-likeness (QED) is 0.598. The Morgan fingerprint density at radius 2 is 1.68 bits per heavy atom. The van der Waals surface area contributed by atoms with Gasteiger partial charge >= 0.3 is 0 Å². The van der Waals surface area contributed by atoms with E-state index in [-0.39, 0.29) is 36.3 Å². The molecule has 2 atom stereocenters. The number of nitrogens with zero attached hydrogens (tertiary/aromatic N) is 3. The van der Waals surface area contributed by atoms with Gasteiger partial charge in [-0.1, -0.05) is 26.0 Å². The number of ether oxygens (including phenoxy) is 1. The van der Waals surface area contributed by atoms with Crippen LogP contribution in [-0.2, 0) is 14.4 Å². The van der Waals surface area contributed by atoms with Gasteiger partial charge in [0.15, 0.2) is 0 Å². The van der Waals surface area contributed by atoms with Crippen molar-refractivity contribution in [1.82, 2.24) is 25.3 Å². The van der Waals surface area contributed by atoms with Crippen LogP contribution in [0.1, 0.15) is 57.8 Å². The van der Waals surface area contributed by atoms with E-state index in [0.717, 1.165) is 13.1 Å². The van der Waals surface area contributed by atoms with Gasteiger partial charge in [0.1, 0.15) is 24.4 Å². The number of hydrogen-bond donors (Lipinski definition) is 2. The van der Waals surface area contributed by atoms with E-state index in [1.165, 1.54) is 0 Å². The van der Waals surface area contributed by atoms with Gasteiger partial charge in [0.05, 0.1) is 18.5 Å². The summed E-state index contributed by atoms with van der Waals surface area (Å²) < 4.78 is 5.92. The Morgan fingerprint density at radius 1 is 1.00 bits per heavy atom. The first-order valence-corrected chi connectivity index (χ1v) is 13.7. The lowest BCUT2D eigenvalue weighted by atomic mass is 10.0. The second-order valence-electron chi connectivity index (χ2n) is 10.7. The minimum atomic E-state index is -1.07. The van der Waals surface area contributed by atoms with E-state index in [2.05, 4.69) is 29.4 Å². The number of amides is 4. The van der Waals surface area contributed by atoms with Gasteiger partial charge < -0.3 is 25.2 Å². The second kappa shape index (κ2) is 13.6. The lowest BCUT2D eigenvalue weighted by Gasteiger charge is -2.38. The first-order valence-electron chi connectivity index (χ1n) is 13.7. The van der Waals surface area contributed by atoms with Crippen molar-refractivity contribution in [2.24, 2.45) is 5.92 Å². The molecule has 0 aromatic heterocycles. The summed E-state index contributed by atoms with van der Waals surface area (Å²) in [6, 6.07) is 5.39. The van der Waals surface area contributed by atoms with Crippen LogP contribution in [0.3, 0.4) is 0 Å². The Morgan fingerprint density at radius 3 is 2.32 bits per heavy atom. The van der Waals surface area contributed by atoms with Crippen molar-refractivity contribution in [3.8, 4) is 5.75 Å². The average molecular weight is 530 g/mol. The van der Waals surface area contributed by atoms with E-state index in [0.29, 0.717) is 44.4 Å². The van der Waals surface area contributed by atoms with Gasteiger partial charge in [-0.3, -0.25) is 24.1 Å². The van der Waals surface area contributed by atoms with Crippen LogP contribution in [0.25, 0.3) is 0 Å². The molecule has 10 heteroatoms. The fourth-order valence-corrected chi connectivity index (χ4v) is 4.94. The first-order chi connectivity index (χ1) is 18.1. The van der Waals surface area contributed by atoms with Crippen molar-refractivity contribution in [3.05, 3.63) is 29.8 Å². The number of rotatable bonds is 5. The average Bonchev–Trinajstić information content (AvgIpc) is 2.89. The Labute approximate surface area is 226 Å². The van der Waals surface area contributed by atoms with E-state index in [4.69, 9.17) is 4.74 Å². The highest BCUT2D eigenvalue weighted by atomic mass is 16.5. The van der Waals surface area contributed by atoms with Gasteiger partial charge in [-0.25, -0.2) is 0 Å². The number of hydrogen-bond acceptors (Lipinski definition) is 6. The highest BCUT2D eigenvalue weighted by Crippen LogP contribution is 2.19. The molecule has 0 radical (unpaired) electrons. The van der Waals surface area contributed by atoms with Gasteiger partial charge in [0.25, 0.3) is 5.91 Å². The molecule has 1 saturated heterocycles. The number of piperazine rings is 1. The Kier molecular flexibility index (Phi) is 10.5. The molecule has 2 N–H and O–H groups in total. The zero-order chi connectivity index (χ0) is 27.8. The van der Waals surface area contributed by atoms with E-state index in [9.17, 15) is 19.2 Å². The van der Waals surface area contributed by atoms with Gasteiger partial charge in [0.2, 0.25) is 17.7 Å². The van der Waals surface area contributed by atoms with Crippen molar-refractivity contribution < 1.29 is 23.9 Å². The number of carbonyl (C=O) groups is 4. The summed E-state index contributed by atoms with van der Waals surface area (Å²) >= 11 is 0. The SMILES string of the molecule is CCN1CCOc2ccccc2C(=O)N[C@H](C(=O)N2CCN(C(C)C)CC2)CC(=O)N[C@H](CC(C)C)C1=O. The second-order valence-corrected chi connectivity index (χ2v) is 10.7. The van der Waals surface area contributed by atoms with Crippen LogP contribution < -0.4 is 15.4 Å². The van der Waals surface area contributed by atoms with Crippen molar-refractivity contribution in [1.29, 1.82) is 0 Å². The maximum absolute atomic E-state index is 13.6. The zero-order valence-corrected chi connectivity index (χ0v) is 23.4. The third-order valence-electron chi connectivity index (χ3n) is 7.13. The summed E-state index contributed by atoms with van der Waals surface area (Å²) in [4.78, 5) is 59.2. The van der Waals surface area contributed by atoms with E-state index in [1.54, 1.807) is 34.1 Å². The Balaban J connectivity index is 1.90. The summed E-state index contributed by atoms with van der Waals surface area (Å²) in [6.07, 6.45) is 0.207. The number of carbonyl (C=O) groups excluding carboxylic acids is 4. The molecule has 3 rings (SSSR count). The molecule has 10 nitrogen and oxygen atoms in total. The number of fused-ring (bicyclic) bond motifs is 1. The maximum Gasteiger partial charge on any atom is 0.255 e. The Hall–Kier alpha value is -3.14. The highest BCUT2D eigenvalue weighted by Gasteiger charge is 2.33. The van der Waals surface area contributed by atoms with Gasteiger partial charge in [-0.05, 0) is 45.2 Å². The predicted molar refractivity (Wildman–Crippen MR) is 145 cm³/mol. The fraction of sp³-hybridized carbons (Fsp3) is 0.643. The molecule has 0 unspecified atom stereocenters. The predicted octanol–water partition coefficient (Wildman–Crippen LogP) is 1.50. The molecule has 1 fully saturated rings. The normalized spacial score (nSPS) is 22.4. The third kappa shape index (κ3) is 7.69. The molecular weight excluding hydrogens is 486 g/mol. The smallest absolute Gasteiger partial charge is 0.255 e. The van der Waals surface area contributed by atoms with Crippen LogP contribution in [-0.4, -0.2) is 102 Å². The molecule has 0 aliphatic carbocycles. The summed E-state index contributed by atoms with van der Waals surface area (Å²) in [7, 11) is 0. The lowest BCUT2D eigenvalue weighted by molar-refractivity contribution is -0.139. The molecule has 2 aliphatic rings. The van der Waals surface area contributed by atoms with E-state index >= 15 is 0 Å². The first kappa shape index (κ1) is 29.4.